The Morgan fingerprint density at radius 1 is 1.12 bits per heavy atom. The highest BCUT2D eigenvalue weighted by molar-refractivity contribution is 7.89. The van der Waals surface area contributed by atoms with Crippen LogP contribution >= 0.6 is 0 Å². The predicted molar refractivity (Wildman–Crippen MR) is 141 cm³/mol. The number of fused-ring (bicyclic) bond motifs is 1. The summed E-state index contributed by atoms with van der Waals surface area (Å²) in [5.74, 6) is -0.636. The number of benzene rings is 1. The number of methoxy groups -OCH3 is 1. The fourth-order valence-corrected chi connectivity index (χ4v) is 6.62. The zero-order valence-electron chi connectivity index (χ0n) is 22.0. The lowest BCUT2D eigenvalue weighted by Gasteiger charge is -2.27. The number of rotatable bonds is 10. The molecular weight excluding hydrogens is 539 g/mol. The number of Topliss-reactive ketones (excluding diaryl/α,β-unsaturated/α-hetero) is 1. The summed E-state index contributed by atoms with van der Waals surface area (Å²) < 4.78 is 57.0. The van der Waals surface area contributed by atoms with Crippen LogP contribution in [0.3, 0.4) is 0 Å². The molecule has 0 unspecified atom stereocenters. The van der Waals surface area contributed by atoms with Gasteiger partial charge in [-0.2, -0.15) is 4.31 Å². The topological polar surface area (TPSA) is 121 Å². The maximum absolute atomic E-state index is 15.3. The van der Waals surface area contributed by atoms with Gasteiger partial charge < -0.3 is 13.9 Å². The van der Waals surface area contributed by atoms with Crippen molar-refractivity contribution in [2.75, 3.05) is 33.4 Å². The van der Waals surface area contributed by atoms with Gasteiger partial charge in [0.2, 0.25) is 10.0 Å². The number of hydrogen-bond acceptors (Lipinski definition) is 8. The van der Waals surface area contributed by atoms with Gasteiger partial charge in [0, 0.05) is 37.5 Å². The summed E-state index contributed by atoms with van der Waals surface area (Å²) in [6, 6.07) is 6.72. The summed E-state index contributed by atoms with van der Waals surface area (Å²) >= 11 is 0. The molecule has 0 spiro atoms. The monoisotopic (exact) mass is 568 g/mol. The number of hydrogen-bond donors (Lipinski definition) is 0. The number of sulfonamides is 1. The van der Waals surface area contributed by atoms with Crippen LogP contribution in [0.4, 0.5) is 4.39 Å². The van der Waals surface area contributed by atoms with Crippen LogP contribution in [-0.2, 0) is 27.7 Å². The minimum atomic E-state index is -3.99. The largest absolute Gasteiger partial charge is 0.494 e. The lowest BCUT2D eigenvalue weighted by molar-refractivity contribution is 0.0730. The van der Waals surface area contributed by atoms with E-state index in [4.69, 9.17) is 9.47 Å². The molecule has 0 bridgehead atoms. The summed E-state index contributed by atoms with van der Waals surface area (Å²) in [5, 5.41) is 8.06. The Labute approximate surface area is 230 Å². The van der Waals surface area contributed by atoms with Gasteiger partial charge in [-0.3, -0.25) is 4.79 Å². The van der Waals surface area contributed by atoms with Crippen LogP contribution in [0.5, 0.6) is 5.75 Å². The SMILES string of the molecule is COc1ccc(S(=O)(=O)N2CCOCC2)c(CCC(=O)c2cn(Cc3cn4cc(C5CC5)ccc4n3)nn2)c1F. The fourth-order valence-electron chi connectivity index (χ4n) is 4.97. The molecule has 1 saturated heterocycles. The van der Waals surface area contributed by atoms with E-state index in [2.05, 4.69) is 27.6 Å². The Balaban J connectivity index is 1.17. The third kappa shape index (κ3) is 5.23. The molecule has 1 aromatic carbocycles. The van der Waals surface area contributed by atoms with Crippen molar-refractivity contribution < 1.29 is 27.1 Å². The first kappa shape index (κ1) is 26.5. The van der Waals surface area contributed by atoms with Crippen molar-refractivity contribution in [1.29, 1.82) is 0 Å². The molecule has 0 amide bonds. The van der Waals surface area contributed by atoms with Gasteiger partial charge in [-0.1, -0.05) is 11.3 Å². The second-order valence-corrected chi connectivity index (χ2v) is 11.9. The van der Waals surface area contributed by atoms with Gasteiger partial charge in [-0.05, 0) is 48.9 Å². The van der Waals surface area contributed by atoms with Crippen LogP contribution in [-0.4, -0.2) is 76.3 Å². The van der Waals surface area contributed by atoms with Crippen molar-refractivity contribution in [3.63, 3.8) is 0 Å². The first-order valence-corrected chi connectivity index (χ1v) is 14.6. The number of ether oxygens (including phenoxy) is 2. The Hall–Kier alpha value is -3.68. The maximum atomic E-state index is 15.3. The van der Waals surface area contributed by atoms with E-state index in [1.807, 2.05) is 16.7 Å². The van der Waals surface area contributed by atoms with Gasteiger partial charge in [-0.15, -0.1) is 5.10 Å². The Bertz CT molecular complexity index is 1670. The van der Waals surface area contributed by atoms with E-state index >= 15 is 4.39 Å². The highest BCUT2D eigenvalue weighted by Crippen LogP contribution is 2.40. The average Bonchev–Trinajstić information content (AvgIpc) is 3.58. The number of aromatic nitrogens is 5. The van der Waals surface area contributed by atoms with E-state index in [0.717, 1.165) is 11.3 Å². The van der Waals surface area contributed by atoms with E-state index in [9.17, 15) is 13.2 Å². The predicted octanol–water partition coefficient (Wildman–Crippen LogP) is 2.84. The van der Waals surface area contributed by atoms with Crippen LogP contribution in [0.15, 0.2) is 47.8 Å². The Morgan fingerprint density at radius 2 is 1.93 bits per heavy atom. The Morgan fingerprint density at radius 3 is 2.67 bits per heavy atom. The van der Waals surface area contributed by atoms with Crippen molar-refractivity contribution in [1.82, 2.24) is 28.7 Å². The van der Waals surface area contributed by atoms with Gasteiger partial charge in [0.25, 0.3) is 0 Å². The summed E-state index contributed by atoms with van der Waals surface area (Å²) in [6.07, 6.45) is 7.69. The number of morpholine rings is 1. The third-order valence-electron chi connectivity index (χ3n) is 7.30. The molecule has 13 heteroatoms. The number of imidazole rings is 1. The van der Waals surface area contributed by atoms with E-state index in [1.54, 1.807) is 0 Å². The van der Waals surface area contributed by atoms with Crippen molar-refractivity contribution in [3.05, 3.63) is 71.2 Å². The third-order valence-corrected chi connectivity index (χ3v) is 9.28. The molecule has 1 aliphatic carbocycles. The fraction of sp³-hybridized carbons (Fsp3) is 0.407. The second-order valence-electron chi connectivity index (χ2n) is 10.0. The van der Waals surface area contributed by atoms with Crippen molar-refractivity contribution >= 4 is 21.5 Å². The van der Waals surface area contributed by atoms with Crippen LogP contribution in [0.1, 0.15) is 52.5 Å². The van der Waals surface area contributed by atoms with E-state index in [-0.39, 0.29) is 66.8 Å². The number of carbonyl (C=O) groups is 1. The Kier molecular flexibility index (Phi) is 7.11. The molecule has 2 aliphatic rings. The van der Waals surface area contributed by atoms with Crippen molar-refractivity contribution in [2.45, 2.75) is 43.0 Å². The van der Waals surface area contributed by atoms with Crippen molar-refractivity contribution in [3.8, 4) is 5.75 Å². The number of halogens is 1. The standard InChI is InChI=1S/C27H29FN6O5S/c1-38-24-7-8-25(40(36,37)34-10-12-39-13-11-34)21(27(24)28)5-6-23(35)22-17-33(31-30-22)16-20-15-32-14-19(18-2-3-18)4-9-26(32)29-20/h4,7-9,14-15,17-18H,2-3,5-6,10-13,16H2,1H3. The second kappa shape index (κ2) is 10.7. The summed E-state index contributed by atoms with van der Waals surface area (Å²) in [5.41, 5.74) is 2.92. The molecule has 40 heavy (non-hydrogen) atoms. The zero-order chi connectivity index (χ0) is 27.9. The molecule has 6 rings (SSSR count). The lowest BCUT2D eigenvalue weighted by Crippen LogP contribution is -2.41. The smallest absolute Gasteiger partial charge is 0.243 e. The molecular formula is C27H29FN6O5S. The molecule has 1 aliphatic heterocycles. The van der Waals surface area contributed by atoms with Gasteiger partial charge >= 0.3 is 0 Å². The minimum Gasteiger partial charge on any atom is -0.494 e. The zero-order valence-corrected chi connectivity index (χ0v) is 22.8. The number of nitrogens with zero attached hydrogens (tertiary/aromatic N) is 6. The van der Waals surface area contributed by atoms with Crippen molar-refractivity contribution in [2.24, 2.45) is 0 Å². The molecule has 4 heterocycles. The lowest BCUT2D eigenvalue weighted by atomic mass is 10.1. The molecule has 11 nitrogen and oxygen atoms in total. The van der Waals surface area contributed by atoms with Gasteiger partial charge in [0.1, 0.15) is 11.3 Å². The number of carbonyl (C=O) groups excluding carboxylic acids is 1. The molecule has 1 saturated carbocycles. The van der Waals surface area contributed by atoms with Gasteiger partial charge in [-0.25, -0.2) is 22.5 Å². The van der Waals surface area contributed by atoms with E-state index in [0.29, 0.717) is 12.5 Å². The molecule has 0 radical (unpaired) electrons. The van der Waals surface area contributed by atoms with Crippen LogP contribution in [0.25, 0.3) is 5.65 Å². The number of ketones is 1. The maximum Gasteiger partial charge on any atom is 0.243 e. The van der Waals surface area contributed by atoms with Gasteiger partial charge in [0.15, 0.2) is 17.3 Å². The van der Waals surface area contributed by atoms with E-state index < -0.39 is 15.8 Å². The van der Waals surface area contributed by atoms with Crippen LogP contribution < -0.4 is 4.74 Å². The normalized spacial score (nSPS) is 16.4. The quantitative estimate of drug-likeness (QED) is 0.268. The molecule has 2 fully saturated rings. The summed E-state index contributed by atoms with van der Waals surface area (Å²) in [4.78, 5) is 17.4. The van der Waals surface area contributed by atoms with Gasteiger partial charge in [0.05, 0.1) is 43.7 Å². The molecule has 3 aromatic heterocycles. The molecule has 210 valence electrons. The minimum absolute atomic E-state index is 0.0916. The number of pyridine rings is 1. The highest BCUT2D eigenvalue weighted by atomic mass is 32.2. The van der Waals surface area contributed by atoms with E-state index in [1.165, 1.54) is 52.8 Å². The first-order chi connectivity index (χ1) is 19.3. The molecule has 4 aromatic rings. The molecule has 0 N–H and O–H groups in total. The summed E-state index contributed by atoms with van der Waals surface area (Å²) in [7, 11) is -2.69. The highest BCUT2D eigenvalue weighted by Gasteiger charge is 2.31. The molecule has 0 atom stereocenters. The van der Waals surface area contributed by atoms with Crippen LogP contribution in [0, 0.1) is 5.82 Å². The average molecular weight is 569 g/mol. The summed E-state index contributed by atoms with van der Waals surface area (Å²) in [6.45, 7) is 1.19. The van der Waals surface area contributed by atoms with Crippen LogP contribution in [0.2, 0.25) is 0 Å². The first-order valence-electron chi connectivity index (χ1n) is 13.2.